The number of hydrogen-bond donors (Lipinski definition) is 1. The van der Waals surface area contributed by atoms with Crippen molar-refractivity contribution in [3.63, 3.8) is 0 Å². The summed E-state index contributed by atoms with van der Waals surface area (Å²) < 4.78 is 5.44. The van der Waals surface area contributed by atoms with E-state index in [4.69, 9.17) is 10.00 Å². The van der Waals surface area contributed by atoms with Crippen LogP contribution in [0.5, 0.6) is 0 Å². The standard InChI is InChI=1S/C19H26N4O3/c1-13(22-17(24)16-8-7-14(10-20)11-21-16)15-6-5-9-23(12-15)18(25)26-19(2,3)4/h7-8,11,13,15H,5-6,9,12H2,1-4H3,(H,22,24)/t13-,15+/m0/s1. The number of nitrogens with zero attached hydrogens (tertiary/aromatic N) is 3. The summed E-state index contributed by atoms with van der Waals surface area (Å²) in [7, 11) is 0. The molecule has 0 bridgehead atoms. The van der Waals surface area contributed by atoms with E-state index >= 15 is 0 Å². The van der Waals surface area contributed by atoms with E-state index in [1.165, 1.54) is 12.3 Å². The Kier molecular flexibility index (Phi) is 6.19. The van der Waals surface area contributed by atoms with Crippen molar-refractivity contribution in [3.8, 4) is 6.07 Å². The Labute approximate surface area is 154 Å². The van der Waals surface area contributed by atoms with Gasteiger partial charge in [0.05, 0.1) is 5.56 Å². The maximum Gasteiger partial charge on any atom is 0.410 e. The predicted octanol–water partition coefficient (Wildman–Crippen LogP) is 2.72. The Balaban J connectivity index is 1.93. The van der Waals surface area contributed by atoms with E-state index in [9.17, 15) is 9.59 Å². The Morgan fingerprint density at radius 1 is 1.42 bits per heavy atom. The third-order valence-electron chi connectivity index (χ3n) is 4.30. The highest BCUT2D eigenvalue weighted by atomic mass is 16.6. The van der Waals surface area contributed by atoms with Crippen molar-refractivity contribution < 1.29 is 14.3 Å². The zero-order valence-corrected chi connectivity index (χ0v) is 15.8. The van der Waals surface area contributed by atoms with E-state index in [1.54, 1.807) is 11.0 Å². The summed E-state index contributed by atoms with van der Waals surface area (Å²) in [5.74, 6) is -0.130. The van der Waals surface area contributed by atoms with Gasteiger partial charge in [0.15, 0.2) is 0 Å². The minimum absolute atomic E-state index is 0.106. The van der Waals surface area contributed by atoms with Crippen molar-refractivity contribution in [1.29, 1.82) is 5.26 Å². The van der Waals surface area contributed by atoms with E-state index in [-0.39, 0.29) is 29.7 Å². The summed E-state index contributed by atoms with van der Waals surface area (Å²) in [5.41, 5.74) is 0.163. The quantitative estimate of drug-likeness (QED) is 0.896. The number of carbonyl (C=O) groups excluding carboxylic acids is 2. The van der Waals surface area contributed by atoms with Gasteiger partial charge in [-0.15, -0.1) is 0 Å². The molecule has 0 aromatic carbocycles. The second-order valence-corrected chi connectivity index (χ2v) is 7.63. The van der Waals surface area contributed by atoms with Gasteiger partial charge >= 0.3 is 6.09 Å². The fourth-order valence-electron chi connectivity index (χ4n) is 2.90. The lowest BCUT2D eigenvalue weighted by Crippen LogP contribution is -2.49. The van der Waals surface area contributed by atoms with Gasteiger partial charge in [-0.05, 0) is 58.6 Å². The fraction of sp³-hybridized carbons (Fsp3) is 0.579. The molecule has 1 aliphatic rings. The monoisotopic (exact) mass is 358 g/mol. The maximum absolute atomic E-state index is 12.3. The molecule has 26 heavy (non-hydrogen) atoms. The Morgan fingerprint density at radius 3 is 2.73 bits per heavy atom. The summed E-state index contributed by atoms with van der Waals surface area (Å²) in [4.78, 5) is 30.3. The van der Waals surface area contributed by atoms with Crippen LogP contribution in [0.3, 0.4) is 0 Å². The van der Waals surface area contributed by atoms with E-state index in [2.05, 4.69) is 10.3 Å². The second kappa shape index (κ2) is 8.17. The average Bonchev–Trinajstić information content (AvgIpc) is 2.60. The molecule has 0 radical (unpaired) electrons. The highest BCUT2D eigenvalue weighted by Crippen LogP contribution is 2.22. The number of hydrogen-bond acceptors (Lipinski definition) is 5. The van der Waals surface area contributed by atoms with Gasteiger partial charge in [-0.25, -0.2) is 9.78 Å². The second-order valence-electron chi connectivity index (χ2n) is 7.63. The van der Waals surface area contributed by atoms with Crippen molar-refractivity contribution in [2.75, 3.05) is 13.1 Å². The van der Waals surface area contributed by atoms with Crippen molar-refractivity contribution in [3.05, 3.63) is 29.6 Å². The molecular formula is C19H26N4O3. The molecule has 0 aliphatic carbocycles. The number of amides is 2. The van der Waals surface area contributed by atoms with Crippen LogP contribution < -0.4 is 5.32 Å². The van der Waals surface area contributed by atoms with Gasteiger partial charge in [-0.2, -0.15) is 5.26 Å². The lowest BCUT2D eigenvalue weighted by atomic mass is 9.91. The largest absolute Gasteiger partial charge is 0.444 e. The normalized spacial score (nSPS) is 18.6. The molecule has 140 valence electrons. The number of likely N-dealkylation sites (tertiary alicyclic amines) is 1. The minimum atomic E-state index is -0.523. The Bertz CT molecular complexity index is 688. The van der Waals surface area contributed by atoms with E-state index in [1.807, 2.05) is 33.8 Å². The molecule has 2 atom stereocenters. The molecule has 0 unspecified atom stereocenters. The molecule has 2 rings (SSSR count). The third kappa shape index (κ3) is 5.45. The number of pyridine rings is 1. The molecule has 1 aromatic rings. The van der Waals surface area contributed by atoms with E-state index in [0.717, 1.165) is 12.8 Å². The number of rotatable bonds is 3. The molecule has 0 saturated carbocycles. The number of aromatic nitrogens is 1. The van der Waals surface area contributed by atoms with Gasteiger partial charge in [0.25, 0.3) is 5.91 Å². The number of nitriles is 1. The van der Waals surface area contributed by atoms with Crippen LogP contribution in [0.15, 0.2) is 18.3 Å². The van der Waals surface area contributed by atoms with Crippen LogP contribution >= 0.6 is 0 Å². The summed E-state index contributed by atoms with van der Waals surface area (Å²) in [6.07, 6.45) is 2.88. The first-order chi connectivity index (χ1) is 12.2. The van der Waals surface area contributed by atoms with Crippen LogP contribution in [0, 0.1) is 17.2 Å². The van der Waals surface area contributed by atoms with Crippen LogP contribution in [-0.4, -0.2) is 46.6 Å². The number of piperidine rings is 1. The molecule has 1 N–H and O–H groups in total. The fourth-order valence-corrected chi connectivity index (χ4v) is 2.90. The number of nitrogens with one attached hydrogen (secondary N) is 1. The van der Waals surface area contributed by atoms with Crippen molar-refractivity contribution in [2.45, 2.75) is 52.2 Å². The Morgan fingerprint density at radius 2 is 2.15 bits per heavy atom. The molecule has 1 fully saturated rings. The zero-order chi connectivity index (χ0) is 19.3. The summed E-state index contributed by atoms with van der Waals surface area (Å²) in [5, 5.41) is 11.7. The third-order valence-corrected chi connectivity index (χ3v) is 4.30. The van der Waals surface area contributed by atoms with E-state index < -0.39 is 5.60 Å². The SMILES string of the molecule is C[C@H](NC(=O)c1ccc(C#N)cn1)[C@@H]1CCCN(C(=O)OC(C)(C)C)C1. The minimum Gasteiger partial charge on any atom is -0.444 e. The lowest BCUT2D eigenvalue weighted by molar-refractivity contribution is 0.0150. The first-order valence-corrected chi connectivity index (χ1v) is 8.84. The van der Waals surface area contributed by atoms with Gasteiger partial charge in [0.1, 0.15) is 17.4 Å². The average molecular weight is 358 g/mol. The molecule has 2 amide bonds. The molecule has 0 spiro atoms. The summed E-state index contributed by atoms with van der Waals surface area (Å²) in [6, 6.07) is 4.97. The van der Waals surface area contributed by atoms with Gasteiger partial charge in [0.2, 0.25) is 0 Å². The van der Waals surface area contributed by atoms with Crippen LogP contribution in [0.4, 0.5) is 4.79 Å². The van der Waals surface area contributed by atoms with Gasteiger partial charge in [0, 0.05) is 25.3 Å². The van der Waals surface area contributed by atoms with Crippen LogP contribution in [0.25, 0.3) is 0 Å². The Hall–Kier alpha value is -2.62. The molecular weight excluding hydrogens is 332 g/mol. The molecule has 7 nitrogen and oxygen atoms in total. The van der Waals surface area contributed by atoms with Crippen LogP contribution in [0.2, 0.25) is 0 Å². The molecule has 1 saturated heterocycles. The van der Waals surface area contributed by atoms with Gasteiger partial charge in [-0.1, -0.05) is 0 Å². The van der Waals surface area contributed by atoms with Crippen LogP contribution in [0.1, 0.15) is 56.6 Å². The van der Waals surface area contributed by atoms with Crippen LogP contribution in [-0.2, 0) is 4.74 Å². The predicted molar refractivity (Wildman–Crippen MR) is 96.4 cm³/mol. The highest BCUT2D eigenvalue weighted by Gasteiger charge is 2.30. The van der Waals surface area contributed by atoms with Crippen molar-refractivity contribution in [1.82, 2.24) is 15.2 Å². The highest BCUT2D eigenvalue weighted by molar-refractivity contribution is 5.92. The zero-order valence-electron chi connectivity index (χ0n) is 15.8. The molecule has 1 aliphatic heterocycles. The molecule has 7 heteroatoms. The van der Waals surface area contributed by atoms with E-state index in [0.29, 0.717) is 18.7 Å². The van der Waals surface area contributed by atoms with Gasteiger partial charge < -0.3 is 15.0 Å². The molecule has 1 aromatic heterocycles. The van der Waals surface area contributed by atoms with Crippen molar-refractivity contribution in [2.24, 2.45) is 5.92 Å². The molecule has 2 heterocycles. The summed E-state index contributed by atoms with van der Waals surface area (Å²) in [6.45, 7) is 8.70. The lowest BCUT2D eigenvalue weighted by Gasteiger charge is -2.36. The summed E-state index contributed by atoms with van der Waals surface area (Å²) >= 11 is 0. The first kappa shape index (κ1) is 19.7. The smallest absolute Gasteiger partial charge is 0.410 e. The number of ether oxygens (including phenoxy) is 1. The number of carbonyl (C=O) groups is 2. The van der Waals surface area contributed by atoms with Gasteiger partial charge in [-0.3, -0.25) is 4.79 Å². The van der Waals surface area contributed by atoms with Crippen molar-refractivity contribution >= 4 is 12.0 Å². The first-order valence-electron chi connectivity index (χ1n) is 8.84. The maximum atomic E-state index is 12.3. The topological polar surface area (TPSA) is 95.3 Å².